The average molecular weight is 978 g/mol. The number of hydrogen-bond donors (Lipinski definition) is 6. The van der Waals surface area contributed by atoms with Gasteiger partial charge in [-0.25, -0.2) is 8.78 Å². The highest BCUT2D eigenvalue weighted by Gasteiger charge is 2.80. The third-order valence-corrected chi connectivity index (χ3v) is 16.4. The highest BCUT2D eigenvalue weighted by atomic mass is 32.2. The Balaban J connectivity index is 0.952. The summed E-state index contributed by atoms with van der Waals surface area (Å²) in [7, 11) is 0. The summed E-state index contributed by atoms with van der Waals surface area (Å²) in [6, 6.07) is 13.3. The Morgan fingerprint density at radius 3 is 2.25 bits per heavy atom. The van der Waals surface area contributed by atoms with Gasteiger partial charge in [-0.2, -0.15) is 11.8 Å². The number of aliphatic hydroxyl groups is 2. The summed E-state index contributed by atoms with van der Waals surface area (Å²) < 4.78 is 46.8. The number of ether oxygens (including phenoxy) is 2. The van der Waals surface area contributed by atoms with Gasteiger partial charge in [-0.05, 0) is 99.1 Å². The first kappa shape index (κ1) is 51.7. The van der Waals surface area contributed by atoms with Crippen molar-refractivity contribution in [3.05, 3.63) is 89.0 Å². The molecule has 0 spiro atoms. The van der Waals surface area contributed by atoms with E-state index >= 15 is 8.78 Å². The number of carboxylic acid groups (broad SMARTS) is 1. The summed E-state index contributed by atoms with van der Waals surface area (Å²) in [4.78, 5) is 88.5. The van der Waals surface area contributed by atoms with E-state index in [1.165, 1.54) is 30.8 Å². The van der Waals surface area contributed by atoms with Crippen LogP contribution in [-0.2, 0) is 49.5 Å². The second kappa shape index (κ2) is 20.3. The SMILES string of the molecule is CSC(C)C(=O)NCCC(=O)N[C@@H](CCC(=O)O)C(=O)C[C@@H](C)C(=O)Nc1ccc(Cc2ccc([C@@H]3O[C@@H]4C[C@H]5[C@@H]6C[C@H](F)C7=CC(=O)C=C[C@]7(C)[C@@]6(F)[C@@H](O)C[C@]5(C)[C@]4(C(=O)CO)O3)cc2)cc1. The topological polar surface area (TPSA) is 235 Å². The number of rotatable bonds is 19. The normalized spacial score (nSPS) is 32.2. The Morgan fingerprint density at radius 2 is 1.61 bits per heavy atom. The van der Waals surface area contributed by atoms with Gasteiger partial charge in [0.05, 0.1) is 23.5 Å². The first-order chi connectivity index (χ1) is 32.6. The van der Waals surface area contributed by atoms with Crippen LogP contribution in [0.2, 0.25) is 0 Å². The maximum absolute atomic E-state index is 17.8. The molecule has 5 aliphatic rings. The number of allylic oxidation sites excluding steroid dienone is 4. The van der Waals surface area contributed by atoms with Crippen molar-refractivity contribution in [3.63, 3.8) is 0 Å². The molecule has 4 fully saturated rings. The zero-order valence-corrected chi connectivity index (χ0v) is 40.1. The summed E-state index contributed by atoms with van der Waals surface area (Å²) >= 11 is 1.35. The van der Waals surface area contributed by atoms with Gasteiger partial charge in [-0.1, -0.05) is 56.3 Å². The third kappa shape index (κ3) is 9.58. The highest BCUT2D eigenvalue weighted by Crippen LogP contribution is 2.72. The first-order valence-corrected chi connectivity index (χ1v) is 24.7. The molecule has 69 heavy (non-hydrogen) atoms. The molecule has 0 bridgehead atoms. The van der Waals surface area contributed by atoms with E-state index in [4.69, 9.17) is 9.47 Å². The molecule has 2 aromatic carbocycles. The standard InChI is InChI=1S/C51H61F2N3O12S/c1-27(20-39(59)38(14-15-44(63)64)56-43(62)17-19-54-46(66)28(2)69-5)45(65)55-32-12-8-30(9-13-32)21-29-6-10-31(11-7-29)47-67-42-24-34-35-23-37(52)36-22-33(58)16-18-48(36,3)50(35,53)40(60)25-49(34,4)51(42,68-47)41(61)26-57/h6-13,16,18,22,27-28,34-35,37-38,40,42,47,57,60H,14-15,17,19-21,23-26H2,1-5H3,(H,54,66)(H,55,65)(H,56,62)(H,63,64)/t27-,28?,34+,35+,37+,38+,40+,42-,47-,48+,49+,50+,51-/m1/s1. The molecular formula is C51H61F2N3O12S. The summed E-state index contributed by atoms with van der Waals surface area (Å²) in [5.41, 5.74) is -4.11. The largest absolute Gasteiger partial charge is 0.481 e. The van der Waals surface area contributed by atoms with E-state index < -0.39 is 112 Å². The van der Waals surface area contributed by atoms with Gasteiger partial charge < -0.3 is 40.7 Å². The molecule has 1 saturated heterocycles. The Labute approximate surface area is 403 Å². The van der Waals surface area contributed by atoms with Gasteiger partial charge in [-0.3, -0.25) is 33.6 Å². The summed E-state index contributed by atoms with van der Waals surface area (Å²) in [6.45, 7) is 5.67. The fraction of sp³-hybridized carbons (Fsp3) is 0.549. The number of carboxylic acids is 1. The zero-order valence-electron chi connectivity index (χ0n) is 39.3. The van der Waals surface area contributed by atoms with Crippen molar-refractivity contribution < 1.29 is 67.1 Å². The van der Waals surface area contributed by atoms with Gasteiger partial charge in [0, 0.05) is 59.7 Å². The molecule has 1 heterocycles. The molecule has 0 aromatic heterocycles. The highest BCUT2D eigenvalue weighted by molar-refractivity contribution is 7.99. The van der Waals surface area contributed by atoms with Crippen LogP contribution in [0, 0.1) is 28.6 Å². The van der Waals surface area contributed by atoms with Crippen LogP contribution in [-0.4, -0.2) is 117 Å². The van der Waals surface area contributed by atoms with Crippen LogP contribution in [0.1, 0.15) is 95.6 Å². The van der Waals surface area contributed by atoms with Crippen molar-refractivity contribution in [2.75, 3.05) is 24.7 Å². The minimum absolute atomic E-state index is 0.00327. The number of hydrogen-bond acceptors (Lipinski definition) is 12. The minimum atomic E-state index is -2.36. The van der Waals surface area contributed by atoms with Gasteiger partial charge in [0.1, 0.15) is 12.8 Å². The lowest BCUT2D eigenvalue weighted by Gasteiger charge is -2.63. The van der Waals surface area contributed by atoms with E-state index in [-0.39, 0.29) is 68.2 Å². The van der Waals surface area contributed by atoms with E-state index in [2.05, 4.69) is 16.0 Å². The smallest absolute Gasteiger partial charge is 0.303 e. The van der Waals surface area contributed by atoms with Gasteiger partial charge in [-0.15, -0.1) is 0 Å². The average Bonchev–Trinajstić information content (AvgIpc) is 3.82. The molecule has 6 N–H and O–H groups in total. The Morgan fingerprint density at radius 1 is 0.942 bits per heavy atom. The summed E-state index contributed by atoms with van der Waals surface area (Å²) in [5, 5.41) is 39.0. The molecule has 4 aliphatic carbocycles. The maximum atomic E-state index is 17.8. The van der Waals surface area contributed by atoms with Crippen molar-refractivity contribution in [1.82, 2.24) is 10.6 Å². The lowest BCUT2D eigenvalue weighted by molar-refractivity contribution is -0.235. The summed E-state index contributed by atoms with van der Waals surface area (Å²) in [5.74, 6) is -6.53. The van der Waals surface area contributed by atoms with Crippen molar-refractivity contribution in [2.24, 2.45) is 28.6 Å². The van der Waals surface area contributed by atoms with Crippen LogP contribution in [0.5, 0.6) is 0 Å². The van der Waals surface area contributed by atoms with Crippen LogP contribution in [0.4, 0.5) is 14.5 Å². The van der Waals surface area contributed by atoms with E-state index in [0.717, 1.165) is 17.2 Å². The van der Waals surface area contributed by atoms with Crippen LogP contribution in [0.15, 0.2) is 72.3 Å². The van der Waals surface area contributed by atoms with Gasteiger partial charge in [0.25, 0.3) is 0 Å². The number of halogens is 2. The number of thioether (sulfide) groups is 1. The maximum Gasteiger partial charge on any atom is 0.303 e. The third-order valence-electron chi connectivity index (χ3n) is 15.5. The fourth-order valence-electron chi connectivity index (χ4n) is 11.6. The quantitative estimate of drug-likeness (QED) is 0.108. The number of aliphatic carboxylic acids is 1. The van der Waals surface area contributed by atoms with Crippen LogP contribution in [0.25, 0.3) is 0 Å². The Kier molecular flexibility index (Phi) is 15.2. The van der Waals surface area contributed by atoms with E-state index in [9.17, 15) is 48.9 Å². The number of nitrogens with one attached hydrogen (secondary N) is 3. The number of alkyl halides is 2. The lowest BCUT2D eigenvalue weighted by atomic mass is 9.44. The monoisotopic (exact) mass is 977 g/mol. The van der Waals surface area contributed by atoms with Gasteiger partial charge >= 0.3 is 5.97 Å². The summed E-state index contributed by atoms with van der Waals surface area (Å²) in [6.07, 6.45) is -0.647. The number of ketones is 3. The molecule has 1 aliphatic heterocycles. The Bertz CT molecular complexity index is 2420. The van der Waals surface area contributed by atoms with Gasteiger partial charge in [0.2, 0.25) is 17.7 Å². The molecule has 15 nitrogen and oxygen atoms in total. The predicted octanol–water partition coefficient (Wildman–Crippen LogP) is 5.06. The number of aliphatic hydroxyl groups excluding tert-OH is 2. The van der Waals surface area contributed by atoms with Crippen LogP contribution < -0.4 is 16.0 Å². The van der Waals surface area contributed by atoms with Crippen LogP contribution in [0.3, 0.4) is 0 Å². The van der Waals surface area contributed by atoms with Crippen LogP contribution >= 0.6 is 11.8 Å². The van der Waals surface area contributed by atoms with E-state index in [1.807, 2.05) is 24.3 Å². The van der Waals surface area contributed by atoms with E-state index in [1.54, 1.807) is 51.3 Å². The van der Waals surface area contributed by atoms with Crippen molar-refractivity contribution in [2.45, 2.75) is 126 Å². The molecule has 2 aromatic rings. The number of carbonyl (C=O) groups is 7. The minimum Gasteiger partial charge on any atom is -0.481 e. The van der Waals surface area contributed by atoms with Crippen molar-refractivity contribution >= 4 is 58.5 Å². The Hall–Kier alpha value is -5.14. The molecule has 18 heteroatoms. The van der Waals surface area contributed by atoms with E-state index in [0.29, 0.717) is 17.7 Å². The zero-order chi connectivity index (χ0) is 50.2. The second-order valence-electron chi connectivity index (χ2n) is 19.6. The lowest BCUT2D eigenvalue weighted by Crippen LogP contribution is -2.70. The molecule has 1 unspecified atom stereocenters. The second-order valence-corrected chi connectivity index (χ2v) is 20.8. The molecular weight excluding hydrogens is 917 g/mol. The molecule has 3 saturated carbocycles. The van der Waals surface area contributed by atoms with Gasteiger partial charge in [0.15, 0.2) is 34.9 Å². The molecule has 13 atom stereocenters. The fourth-order valence-corrected chi connectivity index (χ4v) is 11.9. The molecule has 372 valence electrons. The molecule has 7 rings (SSSR count). The number of carbonyl (C=O) groups excluding carboxylic acids is 6. The van der Waals surface area contributed by atoms with Crippen molar-refractivity contribution in [1.29, 1.82) is 0 Å². The van der Waals surface area contributed by atoms with Crippen molar-refractivity contribution in [3.8, 4) is 0 Å². The number of anilines is 1. The number of benzene rings is 2. The predicted molar refractivity (Wildman–Crippen MR) is 250 cm³/mol. The first-order valence-electron chi connectivity index (χ1n) is 23.4. The molecule has 0 radical (unpaired) electrons. The number of amides is 3. The number of Topliss-reactive ketones (excluding diaryl/α,β-unsaturated/α-hetero) is 2. The number of fused-ring (bicyclic) bond motifs is 7. The molecule has 3 amide bonds.